The number of benzene rings is 1. The average molecular weight is 369 g/mol. The normalized spacial score (nSPS) is 19.2. The lowest BCUT2D eigenvalue weighted by Gasteiger charge is -2.36. The van der Waals surface area contributed by atoms with Crippen molar-refractivity contribution < 1.29 is 13.3 Å². The first kappa shape index (κ1) is 17.9. The molecule has 25 heavy (non-hydrogen) atoms. The highest BCUT2D eigenvalue weighted by Gasteiger charge is 2.30. The molecule has 2 fully saturated rings. The molecule has 1 aliphatic carbocycles. The molecule has 1 aliphatic heterocycles. The van der Waals surface area contributed by atoms with Crippen LogP contribution >= 0.6 is 0 Å². The van der Waals surface area contributed by atoms with Gasteiger partial charge in [0.2, 0.25) is 0 Å². The van der Waals surface area contributed by atoms with Crippen molar-refractivity contribution >= 4 is 27.3 Å². The van der Waals surface area contributed by atoms with Crippen molar-refractivity contribution in [2.45, 2.75) is 18.9 Å². The zero-order chi connectivity index (χ0) is 18.2. The number of rotatable bonds is 6. The number of nitro groups is 1. The van der Waals surface area contributed by atoms with Crippen LogP contribution in [-0.2, 0) is 10.2 Å². The lowest BCUT2D eigenvalue weighted by molar-refractivity contribution is -0.384. The van der Waals surface area contributed by atoms with Gasteiger partial charge in [-0.1, -0.05) is 0 Å². The second-order valence-electron chi connectivity index (χ2n) is 6.55. The summed E-state index contributed by atoms with van der Waals surface area (Å²) in [7, 11) is -0.358. The summed E-state index contributed by atoms with van der Waals surface area (Å²) < 4.78 is 27.0. The highest BCUT2D eigenvalue weighted by Crippen LogP contribution is 2.34. The zero-order valence-electron chi connectivity index (χ0n) is 14.4. The van der Waals surface area contributed by atoms with Crippen LogP contribution in [0.4, 0.5) is 17.1 Å². The van der Waals surface area contributed by atoms with E-state index < -0.39 is 10.2 Å². The number of anilines is 2. The van der Waals surface area contributed by atoms with Crippen molar-refractivity contribution in [1.29, 1.82) is 0 Å². The van der Waals surface area contributed by atoms with Gasteiger partial charge < -0.3 is 10.2 Å². The van der Waals surface area contributed by atoms with E-state index >= 15 is 0 Å². The molecule has 1 aromatic carbocycles. The van der Waals surface area contributed by atoms with Gasteiger partial charge in [0.25, 0.3) is 15.9 Å². The fourth-order valence-corrected chi connectivity index (χ4v) is 3.94. The van der Waals surface area contributed by atoms with Gasteiger partial charge in [0.05, 0.1) is 4.92 Å². The van der Waals surface area contributed by atoms with Crippen molar-refractivity contribution in [3.63, 3.8) is 0 Å². The monoisotopic (exact) mass is 369 g/mol. The molecule has 1 heterocycles. The molecule has 9 nitrogen and oxygen atoms in total. The maximum Gasteiger partial charge on any atom is 0.292 e. The summed E-state index contributed by atoms with van der Waals surface area (Å²) in [6.07, 6.45) is 2.06. The molecule has 0 radical (unpaired) electrons. The van der Waals surface area contributed by atoms with Crippen molar-refractivity contribution in [2.75, 3.05) is 50.5 Å². The summed E-state index contributed by atoms with van der Waals surface area (Å²) in [5.74, 6) is 0. The first-order valence-electron chi connectivity index (χ1n) is 8.26. The Kier molecular flexibility index (Phi) is 4.85. The quantitative estimate of drug-likeness (QED) is 0.595. The Bertz CT molecular complexity index is 755. The molecule has 0 aromatic heterocycles. The molecule has 2 aliphatic rings. The van der Waals surface area contributed by atoms with Gasteiger partial charge in [-0.05, 0) is 25.0 Å². The standard InChI is InChI=1S/C15H23N5O4S/c1-17(2)25(23,24)19-9-7-18(8-10-19)13-5-6-15(20(21)22)14(11-13)16-12-3-4-12/h5-6,11-12,16H,3-4,7-10H2,1-2H3. The van der Waals surface area contributed by atoms with Crippen LogP contribution in [0.3, 0.4) is 0 Å². The van der Waals surface area contributed by atoms with Crippen molar-refractivity contribution in [3.8, 4) is 0 Å². The van der Waals surface area contributed by atoms with Gasteiger partial charge in [-0.3, -0.25) is 10.1 Å². The van der Waals surface area contributed by atoms with Gasteiger partial charge >= 0.3 is 0 Å². The highest BCUT2D eigenvalue weighted by molar-refractivity contribution is 7.86. The molecule has 0 atom stereocenters. The maximum absolute atomic E-state index is 12.2. The second-order valence-corrected chi connectivity index (χ2v) is 8.70. The molecule has 0 spiro atoms. The molecule has 0 bridgehead atoms. The Hall–Kier alpha value is -1.91. The van der Waals surface area contributed by atoms with Crippen LogP contribution in [-0.4, -0.2) is 68.3 Å². The van der Waals surface area contributed by atoms with Crippen LogP contribution in [0.5, 0.6) is 0 Å². The van der Waals surface area contributed by atoms with Crippen LogP contribution in [0.1, 0.15) is 12.8 Å². The molecule has 138 valence electrons. The van der Waals surface area contributed by atoms with E-state index in [9.17, 15) is 18.5 Å². The van der Waals surface area contributed by atoms with Gasteiger partial charge in [-0.15, -0.1) is 0 Å². The number of hydrogen-bond donors (Lipinski definition) is 1. The largest absolute Gasteiger partial charge is 0.377 e. The first-order valence-corrected chi connectivity index (χ1v) is 9.66. The molecule has 1 N–H and O–H groups in total. The Balaban J connectivity index is 1.74. The molecule has 0 amide bonds. The van der Waals surface area contributed by atoms with E-state index in [0.717, 1.165) is 18.5 Å². The number of piperazine rings is 1. The van der Waals surface area contributed by atoms with Crippen LogP contribution in [0.2, 0.25) is 0 Å². The van der Waals surface area contributed by atoms with E-state index in [2.05, 4.69) is 10.2 Å². The summed E-state index contributed by atoms with van der Waals surface area (Å²) >= 11 is 0. The third-order valence-corrected chi connectivity index (χ3v) is 6.45. The van der Waals surface area contributed by atoms with E-state index in [4.69, 9.17) is 0 Å². The number of nitro benzene ring substituents is 1. The van der Waals surface area contributed by atoms with Crippen molar-refractivity contribution in [3.05, 3.63) is 28.3 Å². The lowest BCUT2D eigenvalue weighted by atomic mass is 10.2. The average Bonchev–Trinajstić information content (AvgIpc) is 3.38. The zero-order valence-corrected chi connectivity index (χ0v) is 15.2. The molecule has 1 saturated carbocycles. The fraction of sp³-hybridized carbons (Fsp3) is 0.600. The lowest BCUT2D eigenvalue weighted by Crippen LogP contribution is -2.51. The van der Waals surface area contributed by atoms with E-state index in [1.54, 1.807) is 12.1 Å². The number of nitrogens with zero attached hydrogens (tertiary/aromatic N) is 4. The first-order chi connectivity index (χ1) is 11.8. The van der Waals surface area contributed by atoms with E-state index in [1.165, 1.54) is 28.8 Å². The van der Waals surface area contributed by atoms with Crippen LogP contribution in [0.25, 0.3) is 0 Å². The minimum atomic E-state index is -3.40. The van der Waals surface area contributed by atoms with E-state index in [-0.39, 0.29) is 10.6 Å². The van der Waals surface area contributed by atoms with Crippen LogP contribution < -0.4 is 10.2 Å². The summed E-state index contributed by atoms with van der Waals surface area (Å²) in [4.78, 5) is 12.9. The smallest absolute Gasteiger partial charge is 0.292 e. The Labute approximate surface area is 147 Å². The van der Waals surface area contributed by atoms with Crippen LogP contribution in [0.15, 0.2) is 18.2 Å². The van der Waals surface area contributed by atoms with Crippen LogP contribution in [0, 0.1) is 10.1 Å². The Morgan fingerprint density at radius 1 is 1.20 bits per heavy atom. The van der Waals surface area contributed by atoms with E-state index in [0.29, 0.717) is 37.9 Å². The van der Waals surface area contributed by atoms with Gasteiger partial charge in [-0.2, -0.15) is 17.0 Å². The number of hydrogen-bond acceptors (Lipinski definition) is 6. The minimum Gasteiger partial charge on any atom is -0.377 e. The van der Waals surface area contributed by atoms with Crippen molar-refractivity contribution in [1.82, 2.24) is 8.61 Å². The summed E-state index contributed by atoms with van der Waals surface area (Å²) in [5, 5.41) is 14.4. The van der Waals surface area contributed by atoms with Gasteiger partial charge in [0, 0.05) is 58.1 Å². The second kappa shape index (κ2) is 6.77. The molecule has 10 heteroatoms. The SMILES string of the molecule is CN(C)S(=O)(=O)N1CCN(c2ccc([N+](=O)[O-])c(NC3CC3)c2)CC1. The fourth-order valence-electron chi connectivity index (χ4n) is 2.85. The predicted octanol–water partition coefficient (Wildman–Crippen LogP) is 1.10. The molecular weight excluding hydrogens is 346 g/mol. The highest BCUT2D eigenvalue weighted by atomic mass is 32.2. The van der Waals surface area contributed by atoms with E-state index in [1.807, 2.05) is 0 Å². The molecule has 1 saturated heterocycles. The van der Waals surface area contributed by atoms with Gasteiger partial charge in [-0.25, -0.2) is 0 Å². The Morgan fingerprint density at radius 2 is 1.84 bits per heavy atom. The molecular formula is C15H23N5O4S. The minimum absolute atomic E-state index is 0.0736. The molecule has 1 aromatic rings. The van der Waals surface area contributed by atoms with Gasteiger partial charge in [0.15, 0.2) is 0 Å². The van der Waals surface area contributed by atoms with Crippen molar-refractivity contribution in [2.24, 2.45) is 0 Å². The summed E-state index contributed by atoms with van der Waals surface area (Å²) in [5.41, 5.74) is 1.48. The summed E-state index contributed by atoms with van der Waals surface area (Å²) in [6.45, 7) is 1.88. The third-order valence-electron chi connectivity index (χ3n) is 4.51. The summed E-state index contributed by atoms with van der Waals surface area (Å²) in [6, 6.07) is 5.36. The molecule has 3 rings (SSSR count). The predicted molar refractivity (Wildman–Crippen MR) is 96.1 cm³/mol. The maximum atomic E-state index is 12.2. The third kappa shape index (κ3) is 3.86. The Morgan fingerprint density at radius 3 is 2.36 bits per heavy atom. The molecule has 0 unspecified atom stereocenters. The number of nitrogens with one attached hydrogen (secondary N) is 1. The van der Waals surface area contributed by atoms with Gasteiger partial charge in [0.1, 0.15) is 5.69 Å². The topological polar surface area (TPSA) is 99.0 Å².